The average molecular weight is 522 g/mol. The van der Waals surface area contributed by atoms with Gasteiger partial charge in [-0.25, -0.2) is 8.78 Å². The van der Waals surface area contributed by atoms with Crippen molar-refractivity contribution in [3.8, 4) is 11.5 Å². The zero-order valence-corrected chi connectivity index (χ0v) is 21.8. The number of benzene rings is 3. The molecule has 0 aromatic heterocycles. The van der Waals surface area contributed by atoms with Gasteiger partial charge in [0.05, 0.1) is 13.2 Å². The number of fused-ring (bicyclic) bond motifs is 1. The molecular weight excluding hydrogens is 488 g/mol. The molecule has 0 unspecified atom stereocenters. The van der Waals surface area contributed by atoms with Crippen LogP contribution in [0.3, 0.4) is 0 Å². The molecule has 0 spiro atoms. The molecule has 0 saturated heterocycles. The van der Waals surface area contributed by atoms with Crippen LogP contribution in [-0.4, -0.2) is 30.1 Å². The number of carbonyl (C=O) groups is 1. The van der Waals surface area contributed by atoms with Crippen LogP contribution in [0.25, 0.3) is 0 Å². The zero-order chi connectivity index (χ0) is 26.6. The van der Waals surface area contributed by atoms with Gasteiger partial charge in [0.1, 0.15) is 18.2 Å². The summed E-state index contributed by atoms with van der Waals surface area (Å²) in [5.74, 6) is -0.286. The predicted molar refractivity (Wildman–Crippen MR) is 140 cm³/mol. The Bertz CT molecular complexity index is 1280. The lowest BCUT2D eigenvalue weighted by Gasteiger charge is -2.38. The van der Waals surface area contributed by atoms with Gasteiger partial charge in [0.25, 0.3) is 5.91 Å². The van der Waals surface area contributed by atoms with Crippen molar-refractivity contribution in [2.45, 2.75) is 70.4 Å². The molecule has 1 heterocycles. The molecule has 200 valence electrons. The summed E-state index contributed by atoms with van der Waals surface area (Å²) in [6.07, 6.45) is 4.19. The minimum absolute atomic E-state index is 0.0482. The molecule has 3 aromatic carbocycles. The van der Waals surface area contributed by atoms with Gasteiger partial charge < -0.3 is 19.1 Å². The number of rotatable bonds is 8. The second kappa shape index (κ2) is 11.5. The molecule has 0 bridgehead atoms. The molecule has 1 aliphatic carbocycles. The van der Waals surface area contributed by atoms with Crippen molar-refractivity contribution in [1.82, 2.24) is 4.90 Å². The highest BCUT2D eigenvalue weighted by Crippen LogP contribution is 2.40. The fourth-order valence-corrected chi connectivity index (χ4v) is 5.44. The van der Waals surface area contributed by atoms with Crippen LogP contribution in [0.4, 0.5) is 8.78 Å². The van der Waals surface area contributed by atoms with Crippen molar-refractivity contribution >= 4 is 5.91 Å². The number of ether oxygens (including phenoxy) is 3. The van der Waals surface area contributed by atoms with Gasteiger partial charge in [-0.3, -0.25) is 4.79 Å². The number of halogens is 2. The minimum atomic E-state index is -0.659. The van der Waals surface area contributed by atoms with E-state index in [1.807, 2.05) is 48.2 Å². The van der Waals surface area contributed by atoms with Crippen molar-refractivity contribution in [2.24, 2.45) is 0 Å². The number of nitrogens with zero attached hydrogens (tertiary/aromatic N) is 1. The highest BCUT2D eigenvalue weighted by Gasteiger charge is 2.36. The van der Waals surface area contributed by atoms with E-state index in [4.69, 9.17) is 14.2 Å². The van der Waals surface area contributed by atoms with E-state index in [2.05, 4.69) is 0 Å². The quantitative estimate of drug-likeness (QED) is 0.338. The number of hydrogen-bond donors (Lipinski definition) is 0. The van der Waals surface area contributed by atoms with Crippen molar-refractivity contribution in [1.29, 1.82) is 0 Å². The third-order valence-corrected chi connectivity index (χ3v) is 7.54. The van der Waals surface area contributed by atoms with E-state index in [1.54, 1.807) is 13.2 Å². The first-order chi connectivity index (χ1) is 18.4. The molecule has 1 fully saturated rings. The summed E-state index contributed by atoms with van der Waals surface area (Å²) in [6, 6.07) is 16.8. The van der Waals surface area contributed by atoms with Crippen LogP contribution in [-0.2, 0) is 29.1 Å². The van der Waals surface area contributed by atoms with Gasteiger partial charge in [0.15, 0.2) is 17.6 Å². The van der Waals surface area contributed by atoms with Gasteiger partial charge in [-0.15, -0.1) is 0 Å². The maximum atomic E-state index is 14.2. The second-order valence-electron chi connectivity index (χ2n) is 10.1. The lowest BCUT2D eigenvalue weighted by Crippen LogP contribution is -2.45. The fraction of sp³-hybridized carbons (Fsp3) is 0.387. The van der Waals surface area contributed by atoms with Crippen LogP contribution in [0.15, 0.2) is 60.7 Å². The smallest absolute Gasteiger partial charge is 0.256 e. The maximum Gasteiger partial charge on any atom is 0.256 e. The lowest BCUT2D eigenvalue weighted by atomic mass is 9.92. The Morgan fingerprint density at radius 2 is 1.82 bits per heavy atom. The van der Waals surface area contributed by atoms with Gasteiger partial charge in [0.2, 0.25) is 0 Å². The van der Waals surface area contributed by atoms with Crippen molar-refractivity contribution in [3.63, 3.8) is 0 Å². The summed E-state index contributed by atoms with van der Waals surface area (Å²) in [5.41, 5.74) is 2.99. The van der Waals surface area contributed by atoms with Gasteiger partial charge in [-0.2, -0.15) is 0 Å². The third kappa shape index (κ3) is 5.53. The van der Waals surface area contributed by atoms with Gasteiger partial charge >= 0.3 is 0 Å². The number of carbonyl (C=O) groups excluding carboxylic acids is 1. The van der Waals surface area contributed by atoms with Gasteiger partial charge in [0, 0.05) is 29.8 Å². The van der Waals surface area contributed by atoms with E-state index >= 15 is 0 Å². The molecule has 2 atom stereocenters. The van der Waals surface area contributed by atoms with Crippen LogP contribution in [0, 0.1) is 11.6 Å². The highest BCUT2D eigenvalue weighted by molar-refractivity contribution is 5.83. The summed E-state index contributed by atoms with van der Waals surface area (Å²) in [7, 11) is 1.56. The first-order valence-electron chi connectivity index (χ1n) is 13.2. The molecule has 5 nitrogen and oxygen atoms in total. The molecule has 0 N–H and O–H groups in total. The number of methoxy groups -OCH3 is 1. The van der Waals surface area contributed by atoms with E-state index in [1.165, 1.54) is 12.1 Å². The molecule has 7 heteroatoms. The molecule has 38 heavy (non-hydrogen) atoms. The highest BCUT2D eigenvalue weighted by atomic mass is 19.1. The Labute approximate surface area is 222 Å². The standard InChI is InChI=1S/C31H33F2NO4/c1-20-16-26-22(13-15-28(36-2)30(26)37-19-23-12-14-24(32)17-27(23)33)18-34(20)31(35)29(21-8-4-3-5-9-21)38-25-10-6-7-11-25/h3-5,8-9,12-15,17,20,25,29H,6-7,10-11,16,18-19H2,1-2H3/t20-,29-/m0/s1. The molecule has 1 amide bonds. The first kappa shape index (κ1) is 26.2. The Morgan fingerprint density at radius 3 is 2.53 bits per heavy atom. The summed E-state index contributed by atoms with van der Waals surface area (Å²) in [4.78, 5) is 15.8. The molecular formula is C31H33F2NO4. The molecule has 3 aromatic rings. The summed E-state index contributed by atoms with van der Waals surface area (Å²) in [6.45, 7) is 2.35. The molecule has 1 saturated carbocycles. The molecule has 0 radical (unpaired) electrons. The van der Waals surface area contributed by atoms with E-state index in [0.717, 1.165) is 48.4 Å². The van der Waals surface area contributed by atoms with Gasteiger partial charge in [-0.05, 0) is 55.5 Å². The largest absolute Gasteiger partial charge is 0.493 e. The Hall–Kier alpha value is -3.45. The molecule has 2 aliphatic rings. The Kier molecular flexibility index (Phi) is 7.93. The van der Waals surface area contributed by atoms with E-state index < -0.39 is 17.7 Å². The Morgan fingerprint density at radius 1 is 1.05 bits per heavy atom. The second-order valence-corrected chi connectivity index (χ2v) is 10.1. The maximum absolute atomic E-state index is 14.2. The third-order valence-electron chi connectivity index (χ3n) is 7.54. The van der Waals surface area contributed by atoms with E-state index in [-0.39, 0.29) is 30.2 Å². The molecule has 1 aliphatic heterocycles. The topological polar surface area (TPSA) is 48.0 Å². The summed E-state index contributed by atoms with van der Waals surface area (Å²) >= 11 is 0. The van der Waals surface area contributed by atoms with Crippen LogP contribution < -0.4 is 9.47 Å². The van der Waals surface area contributed by atoms with Gasteiger partial charge in [-0.1, -0.05) is 49.2 Å². The zero-order valence-electron chi connectivity index (χ0n) is 21.8. The monoisotopic (exact) mass is 521 g/mol. The van der Waals surface area contributed by atoms with E-state index in [9.17, 15) is 13.6 Å². The number of hydrogen-bond acceptors (Lipinski definition) is 4. The van der Waals surface area contributed by atoms with Crippen LogP contribution >= 0.6 is 0 Å². The van der Waals surface area contributed by atoms with Crippen molar-refractivity contribution in [3.05, 3.63) is 94.6 Å². The summed E-state index contributed by atoms with van der Waals surface area (Å²) in [5, 5.41) is 0. The van der Waals surface area contributed by atoms with Crippen molar-refractivity contribution in [2.75, 3.05) is 7.11 Å². The Balaban J connectivity index is 1.40. The average Bonchev–Trinajstić information content (AvgIpc) is 3.44. The van der Waals surface area contributed by atoms with Crippen LogP contribution in [0.5, 0.6) is 11.5 Å². The fourth-order valence-electron chi connectivity index (χ4n) is 5.44. The van der Waals surface area contributed by atoms with Crippen LogP contribution in [0.2, 0.25) is 0 Å². The normalized spacial score (nSPS) is 18.2. The molecule has 5 rings (SSSR count). The summed E-state index contributed by atoms with van der Waals surface area (Å²) < 4.78 is 45.6. The number of amides is 1. The lowest BCUT2D eigenvalue weighted by molar-refractivity contribution is -0.151. The SMILES string of the molecule is COc1ccc2c(c1OCc1ccc(F)cc1F)C[C@H](C)N(C(=O)[C@@H](OC1CCCC1)c1ccccc1)C2. The minimum Gasteiger partial charge on any atom is -0.493 e. The van der Waals surface area contributed by atoms with Crippen LogP contribution in [0.1, 0.15) is 61.0 Å². The van der Waals surface area contributed by atoms with Crippen molar-refractivity contribution < 1.29 is 27.8 Å². The first-order valence-corrected chi connectivity index (χ1v) is 13.2. The van der Waals surface area contributed by atoms with E-state index in [0.29, 0.717) is 24.5 Å². The predicted octanol–water partition coefficient (Wildman–Crippen LogP) is 6.53.